The highest BCUT2D eigenvalue weighted by Gasteiger charge is 2.57. The number of nitrogens with two attached hydrogens (primary N) is 1. The van der Waals surface area contributed by atoms with Crippen LogP contribution < -0.4 is 5.73 Å². The largest absolute Gasteiger partial charge is 0.465 e. The third-order valence-corrected chi connectivity index (χ3v) is 3.12. The number of hydrogen-bond acceptors (Lipinski definition) is 3. The van der Waals surface area contributed by atoms with Gasteiger partial charge in [0.25, 0.3) is 0 Å². The summed E-state index contributed by atoms with van der Waals surface area (Å²) in [5, 5.41) is 0. The lowest BCUT2D eigenvalue weighted by atomic mass is 10.3. The highest BCUT2D eigenvalue weighted by atomic mass is 127. The molecule has 1 aliphatic rings. The molecule has 0 aromatic rings. The number of esters is 1. The first-order valence-electron chi connectivity index (χ1n) is 3.21. The lowest BCUT2D eigenvalue weighted by molar-refractivity contribution is -0.145. The summed E-state index contributed by atoms with van der Waals surface area (Å²) < 4.78 is 5.04. The van der Waals surface area contributed by atoms with Crippen molar-refractivity contribution in [2.75, 3.05) is 6.61 Å². The molecule has 58 valence electrons. The zero-order chi connectivity index (χ0) is 7.78. The molecule has 1 saturated carbocycles. The van der Waals surface area contributed by atoms with Crippen molar-refractivity contribution in [1.82, 2.24) is 0 Å². The van der Waals surface area contributed by atoms with Crippen molar-refractivity contribution in [1.29, 1.82) is 0 Å². The van der Waals surface area contributed by atoms with Crippen molar-refractivity contribution in [3.05, 3.63) is 0 Å². The van der Waals surface area contributed by atoms with E-state index in [0.29, 0.717) is 6.61 Å². The Labute approximate surface area is 73.4 Å². The van der Waals surface area contributed by atoms with Gasteiger partial charge in [0.2, 0.25) is 0 Å². The van der Waals surface area contributed by atoms with Crippen LogP contribution in [-0.2, 0) is 9.53 Å². The van der Waals surface area contributed by atoms with Crippen LogP contribution in [0.5, 0.6) is 0 Å². The average Bonchev–Trinajstić information content (AvgIpc) is 2.43. The minimum atomic E-state index is -0.656. The van der Waals surface area contributed by atoms with Gasteiger partial charge in [0.05, 0.1) is 6.61 Å². The van der Waals surface area contributed by atoms with Crippen LogP contribution in [0, 0.1) is 0 Å². The maximum Gasteiger partial charge on any atom is 0.327 e. The Morgan fingerprint density at radius 2 is 2.50 bits per heavy atom. The summed E-state index contributed by atoms with van der Waals surface area (Å²) in [6, 6.07) is 0. The van der Waals surface area contributed by atoms with E-state index in [2.05, 4.69) is 22.6 Å². The summed E-state index contributed by atoms with van der Waals surface area (Å²) in [6.45, 7) is 2.20. The summed E-state index contributed by atoms with van der Waals surface area (Å²) in [7, 11) is 0. The van der Waals surface area contributed by atoms with E-state index in [4.69, 9.17) is 10.5 Å². The van der Waals surface area contributed by atoms with Gasteiger partial charge in [0, 0.05) is 3.92 Å². The van der Waals surface area contributed by atoms with Crippen LogP contribution in [0.2, 0.25) is 0 Å². The van der Waals surface area contributed by atoms with E-state index in [1.54, 1.807) is 6.92 Å². The zero-order valence-electron chi connectivity index (χ0n) is 5.76. The second-order valence-corrected chi connectivity index (χ2v) is 3.94. The Morgan fingerprint density at radius 1 is 2.00 bits per heavy atom. The summed E-state index contributed by atoms with van der Waals surface area (Å²) in [5.74, 6) is -0.255. The Morgan fingerprint density at radius 3 is 2.80 bits per heavy atom. The van der Waals surface area contributed by atoms with Gasteiger partial charge in [-0.1, -0.05) is 22.6 Å². The normalized spacial score (nSPS) is 37.3. The Bertz CT molecular complexity index is 162. The van der Waals surface area contributed by atoms with Gasteiger partial charge in [-0.3, -0.25) is 4.79 Å². The van der Waals surface area contributed by atoms with Gasteiger partial charge in [0.15, 0.2) is 0 Å². The van der Waals surface area contributed by atoms with Crippen LogP contribution in [0.1, 0.15) is 13.3 Å². The van der Waals surface area contributed by atoms with E-state index in [1.165, 1.54) is 0 Å². The highest BCUT2D eigenvalue weighted by molar-refractivity contribution is 14.1. The Hall–Kier alpha value is 0.160. The molecule has 0 amide bonds. The minimum Gasteiger partial charge on any atom is -0.465 e. The molecule has 1 fully saturated rings. The number of carbonyl (C=O) groups is 1. The summed E-state index contributed by atoms with van der Waals surface area (Å²) in [4.78, 5) is 11.0. The fraction of sp³-hybridized carbons (Fsp3) is 0.833. The van der Waals surface area contributed by atoms with Crippen molar-refractivity contribution >= 4 is 28.6 Å². The number of alkyl halides is 1. The molecule has 1 rings (SSSR count). The van der Waals surface area contributed by atoms with Gasteiger partial charge in [-0.05, 0) is 13.3 Å². The van der Waals surface area contributed by atoms with Crippen LogP contribution in [0.15, 0.2) is 0 Å². The van der Waals surface area contributed by atoms with Gasteiger partial charge >= 0.3 is 5.97 Å². The van der Waals surface area contributed by atoms with Crippen LogP contribution in [-0.4, -0.2) is 22.0 Å². The number of carbonyl (C=O) groups excluding carboxylic acids is 1. The average molecular weight is 255 g/mol. The molecule has 10 heavy (non-hydrogen) atoms. The smallest absolute Gasteiger partial charge is 0.327 e. The molecular formula is C6H10INO2. The lowest BCUT2D eigenvalue weighted by Gasteiger charge is -2.06. The SMILES string of the molecule is CCOC(=O)[C@@]1(N)C[C@H]1I. The number of halogens is 1. The molecule has 0 unspecified atom stereocenters. The molecule has 3 nitrogen and oxygen atoms in total. The molecule has 0 aliphatic heterocycles. The third-order valence-electron chi connectivity index (χ3n) is 1.57. The molecule has 0 saturated heterocycles. The summed E-state index contributed by atoms with van der Waals surface area (Å²) in [6.07, 6.45) is 0.756. The van der Waals surface area contributed by atoms with Crippen molar-refractivity contribution in [3.8, 4) is 0 Å². The molecule has 4 heteroatoms. The van der Waals surface area contributed by atoms with Crippen LogP contribution >= 0.6 is 22.6 Å². The van der Waals surface area contributed by atoms with Crippen LogP contribution in [0.3, 0.4) is 0 Å². The molecule has 1 aliphatic carbocycles. The van der Waals surface area contributed by atoms with E-state index in [1.807, 2.05) is 0 Å². The molecule has 2 N–H and O–H groups in total. The van der Waals surface area contributed by atoms with E-state index >= 15 is 0 Å². The van der Waals surface area contributed by atoms with Crippen LogP contribution in [0.4, 0.5) is 0 Å². The zero-order valence-corrected chi connectivity index (χ0v) is 7.92. The van der Waals surface area contributed by atoms with E-state index in [-0.39, 0.29) is 9.89 Å². The van der Waals surface area contributed by atoms with Crippen molar-refractivity contribution < 1.29 is 9.53 Å². The van der Waals surface area contributed by atoms with Gasteiger partial charge in [-0.25, -0.2) is 0 Å². The molecule has 0 heterocycles. The first-order chi connectivity index (χ1) is 4.61. The quantitative estimate of drug-likeness (QED) is 0.443. The number of hydrogen-bond donors (Lipinski definition) is 1. The highest BCUT2D eigenvalue weighted by Crippen LogP contribution is 2.41. The predicted octanol–water partition coefficient (Wildman–Crippen LogP) is 0.454. The monoisotopic (exact) mass is 255 g/mol. The van der Waals surface area contributed by atoms with Gasteiger partial charge < -0.3 is 10.5 Å². The molecule has 0 radical (unpaired) electrons. The predicted molar refractivity (Wildman–Crippen MR) is 46.0 cm³/mol. The second-order valence-electron chi connectivity index (χ2n) is 2.43. The molecule has 0 bridgehead atoms. The second kappa shape index (κ2) is 2.65. The Balaban J connectivity index is 2.43. The van der Waals surface area contributed by atoms with E-state index < -0.39 is 5.54 Å². The van der Waals surface area contributed by atoms with E-state index in [9.17, 15) is 4.79 Å². The topological polar surface area (TPSA) is 52.3 Å². The lowest BCUT2D eigenvalue weighted by Crippen LogP contribution is -2.37. The fourth-order valence-corrected chi connectivity index (χ4v) is 1.70. The van der Waals surface area contributed by atoms with Gasteiger partial charge in [-0.15, -0.1) is 0 Å². The van der Waals surface area contributed by atoms with Gasteiger partial charge in [-0.2, -0.15) is 0 Å². The molecule has 0 spiro atoms. The van der Waals surface area contributed by atoms with Crippen LogP contribution in [0.25, 0.3) is 0 Å². The van der Waals surface area contributed by atoms with Gasteiger partial charge in [0.1, 0.15) is 5.54 Å². The first-order valence-corrected chi connectivity index (χ1v) is 4.46. The van der Waals surface area contributed by atoms with Crippen molar-refractivity contribution in [2.24, 2.45) is 5.73 Å². The minimum absolute atomic E-state index is 0.255. The molecule has 0 aromatic heterocycles. The van der Waals surface area contributed by atoms with Crippen molar-refractivity contribution in [3.63, 3.8) is 0 Å². The number of rotatable bonds is 2. The molecule has 2 atom stereocenters. The Kier molecular flexibility index (Phi) is 2.19. The standard InChI is InChI=1S/C6H10INO2/c1-2-10-5(9)6(8)3-4(6)7/h4H,2-3,8H2,1H3/t4-,6-/m1/s1. The van der Waals surface area contributed by atoms with Crippen molar-refractivity contribution in [2.45, 2.75) is 22.8 Å². The maximum atomic E-state index is 11.0. The summed E-state index contributed by atoms with van der Waals surface area (Å²) >= 11 is 2.16. The molecule has 0 aromatic carbocycles. The first kappa shape index (κ1) is 8.26. The fourth-order valence-electron chi connectivity index (χ4n) is 0.714. The third kappa shape index (κ3) is 1.27. The number of ether oxygens (including phenoxy) is 1. The van der Waals surface area contributed by atoms with E-state index in [0.717, 1.165) is 6.42 Å². The summed E-state index contributed by atoms with van der Waals surface area (Å²) in [5.41, 5.74) is 4.98. The maximum absolute atomic E-state index is 11.0. The molecular weight excluding hydrogens is 245 g/mol.